The van der Waals surface area contributed by atoms with E-state index >= 15 is 0 Å². The number of hydrogen-bond donors (Lipinski definition) is 2. The van der Waals surface area contributed by atoms with Gasteiger partial charge >= 0.3 is 5.97 Å². The summed E-state index contributed by atoms with van der Waals surface area (Å²) in [5.41, 5.74) is 7.32. The Labute approximate surface area is 113 Å². The first-order valence-electron chi connectivity index (χ1n) is 6.13. The smallest absolute Gasteiger partial charge is 0.322 e. The Balaban J connectivity index is 3.11. The van der Waals surface area contributed by atoms with Crippen LogP contribution in [-0.4, -0.2) is 31.3 Å². The number of ether oxygens (including phenoxy) is 2. The first kappa shape index (κ1) is 15.3. The Morgan fingerprint density at radius 2 is 2.00 bits per heavy atom. The predicted molar refractivity (Wildman–Crippen MR) is 72.4 cm³/mol. The van der Waals surface area contributed by atoms with E-state index in [2.05, 4.69) is 4.74 Å². The van der Waals surface area contributed by atoms with E-state index in [9.17, 15) is 9.90 Å². The van der Waals surface area contributed by atoms with E-state index in [-0.39, 0.29) is 18.1 Å². The van der Waals surface area contributed by atoms with Crippen LogP contribution >= 0.6 is 0 Å². The Morgan fingerprint density at radius 3 is 2.47 bits per heavy atom. The van der Waals surface area contributed by atoms with Crippen molar-refractivity contribution < 1.29 is 19.4 Å². The lowest BCUT2D eigenvalue weighted by Crippen LogP contribution is -2.33. The molecule has 0 radical (unpaired) electrons. The number of carbonyl (C=O) groups is 1. The first-order valence-corrected chi connectivity index (χ1v) is 6.13. The number of phenolic OH excluding ortho intramolecular Hbond substituents is 1. The van der Waals surface area contributed by atoms with Crippen LogP contribution in [0.15, 0.2) is 12.1 Å². The highest BCUT2D eigenvalue weighted by Crippen LogP contribution is 2.34. The van der Waals surface area contributed by atoms with Gasteiger partial charge in [-0.15, -0.1) is 0 Å². The molecule has 1 unspecified atom stereocenters. The molecular formula is C14H21NO4. The SMILES string of the molecule is COC(=O)C(N)Cc1cc(C(C)C)cc(OC)c1O. The minimum Gasteiger partial charge on any atom is -0.504 e. The third-order valence-corrected chi connectivity index (χ3v) is 3.01. The van der Waals surface area contributed by atoms with Crippen molar-refractivity contribution in [1.82, 2.24) is 0 Å². The summed E-state index contributed by atoms with van der Waals surface area (Å²) in [6.07, 6.45) is 0.204. The second kappa shape index (κ2) is 6.43. The molecule has 0 spiro atoms. The number of esters is 1. The summed E-state index contributed by atoms with van der Waals surface area (Å²) in [4.78, 5) is 11.3. The summed E-state index contributed by atoms with van der Waals surface area (Å²) in [6.45, 7) is 4.08. The van der Waals surface area contributed by atoms with Crippen LogP contribution in [0.1, 0.15) is 30.9 Å². The summed E-state index contributed by atoms with van der Waals surface area (Å²) in [7, 11) is 2.77. The van der Waals surface area contributed by atoms with Gasteiger partial charge in [-0.2, -0.15) is 0 Å². The molecule has 5 heteroatoms. The molecule has 0 amide bonds. The number of benzene rings is 1. The van der Waals surface area contributed by atoms with Crippen LogP contribution in [0.3, 0.4) is 0 Å². The standard InChI is InChI=1S/C14H21NO4/c1-8(2)9-5-10(6-11(15)14(17)19-4)13(16)12(7-9)18-3/h5,7-8,11,16H,6,15H2,1-4H3. The molecule has 0 bridgehead atoms. The number of hydrogen-bond acceptors (Lipinski definition) is 5. The maximum Gasteiger partial charge on any atom is 0.322 e. The molecule has 0 aliphatic rings. The zero-order valence-corrected chi connectivity index (χ0v) is 11.8. The van der Waals surface area contributed by atoms with E-state index in [0.29, 0.717) is 11.3 Å². The molecule has 0 aliphatic carbocycles. The zero-order valence-electron chi connectivity index (χ0n) is 11.8. The van der Waals surface area contributed by atoms with Gasteiger partial charge in [-0.1, -0.05) is 19.9 Å². The molecule has 19 heavy (non-hydrogen) atoms. The fourth-order valence-corrected chi connectivity index (χ4v) is 1.81. The molecule has 0 saturated carbocycles. The number of nitrogens with two attached hydrogens (primary N) is 1. The largest absolute Gasteiger partial charge is 0.504 e. The van der Waals surface area contributed by atoms with Crippen molar-refractivity contribution in [3.8, 4) is 11.5 Å². The quantitative estimate of drug-likeness (QED) is 0.791. The zero-order chi connectivity index (χ0) is 14.6. The summed E-state index contributed by atoms with van der Waals surface area (Å²) in [6, 6.07) is 2.82. The summed E-state index contributed by atoms with van der Waals surface area (Å²) < 4.78 is 9.72. The molecule has 0 saturated heterocycles. The summed E-state index contributed by atoms with van der Waals surface area (Å²) in [5, 5.41) is 10.1. The molecule has 1 aromatic rings. The minimum atomic E-state index is -0.803. The van der Waals surface area contributed by atoms with E-state index in [1.807, 2.05) is 19.9 Å². The molecule has 1 rings (SSSR count). The summed E-state index contributed by atoms with van der Waals surface area (Å²) in [5.74, 6) is 0.181. The molecular weight excluding hydrogens is 246 g/mol. The van der Waals surface area contributed by atoms with Crippen LogP contribution in [0.2, 0.25) is 0 Å². The third kappa shape index (κ3) is 3.61. The van der Waals surface area contributed by atoms with Crippen LogP contribution in [0, 0.1) is 0 Å². The van der Waals surface area contributed by atoms with Gasteiger partial charge in [0.2, 0.25) is 0 Å². The van der Waals surface area contributed by atoms with Crippen molar-refractivity contribution in [2.45, 2.75) is 32.2 Å². The van der Waals surface area contributed by atoms with E-state index in [4.69, 9.17) is 10.5 Å². The molecule has 1 aromatic carbocycles. The lowest BCUT2D eigenvalue weighted by atomic mass is 9.96. The van der Waals surface area contributed by atoms with Crippen LogP contribution in [0.4, 0.5) is 0 Å². The van der Waals surface area contributed by atoms with Crippen LogP contribution in [0.5, 0.6) is 11.5 Å². The number of aromatic hydroxyl groups is 1. The van der Waals surface area contributed by atoms with Crippen LogP contribution in [-0.2, 0) is 16.0 Å². The lowest BCUT2D eigenvalue weighted by Gasteiger charge is -2.16. The second-order valence-electron chi connectivity index (χ2n) is 4.72. The van der Waals surface area contributed by atoms with E-state index in [1.54, 1.807) is 6.07 Å². The Bertz CT molecular complexity index is 457. The van der Waals surface area contributed by atoms with E-state index in [1.165, 1.54) is 14.2 Å². The fraction of sp³-hybridized carbons (Fsp3) is 0.500. The van der Waals surface area contributed by atoms with Gasteiger partial charge in [-0.25, -0.2) is 0 Å². The molecule has 106 valence electrons. The van der Waals surface area contributed by atoms with Crippen molar-refractivity contribution >= 4 is 5.97 Å². The highest BCUT2D eigenvalue weighted by molar-refractivity contribution is 5.76. The monoisotopic (exact) mass is 267 g/mol. The molecule has 3 N–H and O–H groups in total. The van der Waals surface area contributed by atoms with Gasteiger partial charge < -0.3 is 20.3 Å². The maximum atomic E-state index is 11.3. The second-order valence-corrected chi connectivity index (χ2v) is 4.72. The van der Waals surface area contributed by atoms with Gasteiger partial charge in [-0.3, -0.25) is 4.79 Å². The molecule has 1 atom stereocenters. The lowest BCUT2D eigenvalue weighted by molar-refractivity contribution is -0.142. The normalized spacial score (nSPS) is 12.3. The van der Waals surface area contributed by atoms with Crippen molar-refractivity contribution in [3.05, 3.63) is 23.3 Å². The average Bonchev–Trinajstić information content (AvgIpc) is 2.39. The van der Waals surface area contributed by atoms with Gasteiger partial charge in [0.15, 0.2) is 11.5 Å². The number of rotatable bonds is 5. The summed E-state index contributed by atoms with van der Waals surface area (Å²) >= 11 is 0. The van der Waals surface area contributed by atoms with Crippen molar-refractivity contribution in [3.63, 3.8) is 0 Å². The highest BCUT2D eigenvalue weighted by atomic mass is 16.5. The Kier molecular flexibility index (Phi) is 5.18. The van der Waals surface area contributed by atoms with Gasteiger partial charge in [0.25, 0.3) is 0 Å². The first-order chi connectivity index (χ1) is 8.90. The van der Waals surface area contributed by atoms with Crippen LogP contribution < -0.4 is 10.5 Å². The highest BCUT2D eigenvalue weighted by Gasteiger charge is 2.19. The number of methoxy groups -OCH3 is 2. The molecule has 0 fully saturated rings. The predicted octanol–water partition coefficient (Wildman–Crippen LogP) is 1.57. The molecule has 0 aromatic heterocycles. The van der Waals surface area contributed by atoms with Gasteiger partial charge in [-0.05, 0) is 17.5 Å². The average molecular weight is 267 g/mol. The molecule has 0 heterocycles. The Hall–Kier alpha value is -1.75. The van der Waals surface area contributed by atoms with Crippen molar-refractivity contribution in [2.24, 2.45) is 5.73 Å². The van der Waals surface area contributed by atoms with E-state index in [0.717, 1.165) is 5.56 Å². The molecule has 0 aliphatic heterocycles. The number of carbonyl (C=O) groups excluding carboxylic acids is 1. The van der Waals surface area contributed by atoms with E-state index < -0.39 is 12.0 Å². The maximum absolute atomic E-state index is 11.3. The van der Waals surface area contributed by atoms with Gasteiger partial charge in [0, 0.05) is 12.0 Å². The van der Waals surface area contributed by atoms with Crippen molar-refractivity contribution in [2.75, 3.05) is 14.2 Å². The fourth-order valence-electron chi connectivity index (χ4n) is 1.81. The number of phenols is 1. The third-order valence-electron chi connectivity index (χ3n) is 3.01. The van der Waals surface area contributed by atoms with Crippen LogP contribution in [0.25, 0.3) is 0 Å². The molecule has 5 nitrogen and oxygen atoms in total. The van der Waals surface area contributed by atoms with Crippen molar-refractivity contribution in [1.29, 1.82) is 0 Å². The van der Waals surface area contributed by atoms with Gasteiger partial charge in [0.05, 0.1) is 14.2 Å². The topological polar surface area (TPSA) is 81.8 Å². The van der Waals surface area contributed by atoms with Gasteiger partial charge in [0.1, 0.15) is 6.04 Å². The minimum absolute atomic E-state index is 0.0197. The Morgan fingerprint density at radius 1 is 1.37 bits per heavy atom.